The van der Waals surface area contributed by atoms with E-state index >= 15 is 0 Å². The van der Waals surface area contributed by atoms with Gasteiger partial charge in [-0.15, -0.1) is 0 Å². The Bertz CT molecular complexity index is 1300. The number of hydrogen-bond acceptors (Lipinski definition) is 4. The molecule has 3 heterocycles. The van der Waals surface area contributed by atoms with E-state index in [0.717, 1.165) is 24.8 Å². The maximum atomic E-state index is 13.1. The minimum absolute atomic E-state index is 0.255. The third-order valence-electron chi connectivity index (χ3n) is 6.10. The van der Waals surface area contributed by atoms with Crippen molar-refractivity contribution in [1.29, 1.82) is 0 Å². The van der Waals surface area contributed by atoms with E-state index in [1.807, 2.05) is 0 Å². The molecule has 0 bridgehead atoms. The summed E-state index contributed by atoms with van der Waals surface area (Å²) in [6.07, 6.45) is 0.605. The van der Waals surface area contributed by atoms with E-state index in [1.165, 1.54) is 16.4 Å². The molecule has 2 aromatic carbocycles. The second-order valence-corrected chi connectivity index (χ2v) is 10.1. The van der Waals surface area contributed by atoms with Crippen LogP contribution in [0.5, 0.6) is 0 Å². The Hall–Kier alpha value is -2.85. The van der Waals surface area contributed by atoms with E-state index in [0.29, 0.717) is 48.3 Å². The van der Waals surface area contributed by atoms with Crippen LogP contribution >= 0.6 is 0 Å². The van der Waals surface area contributed by atoms with Crippen molar-refractivity contribution in [3.05, 3.63) is 53.3 Å². The molecule has 10 heteroatoms. The maximum absolute atomic E-state index is 13.1. The van der Waals surface area contributed by atoms with Crippen LogP contribution in [0.4, 0.5) is 14.5 Å². The molecule has 1 saturated heterocycles. The van der Waals surface area contributed by atoms with Gasteiger partial charge < -0.3 is 9.88 Å². The first kappa shape index (κ1) is 21.0. The maximum Gasteiger partial charge on any atom is 0.295 e. The Morgan fingerprint density at radius 1 is 1.03 bits per heavy atom. The molecular formula is C22H22F2N4O3S. The molecule has 0 aliphatic carbocycles. The number of H-pyrrole nitrogens is 1. The minimum atomic E-state index is -3.55. The molecule has 1 aromatic heterocycles. The number of carbonyl (C=O) groups excluding carboxylic acids is 1. The third kappa shape index (κ3) is 3.57. The zero-order chi connectivity index (χ0) is 22.5. The number of hydrogen-bond donors (Lipinski definition) is 1. The van der Waals surface area contributed by atoms with E-state index in [9.17, 15) is 22.0 Å². The number of halogens is 2. The van der Waals surface area contributed by atoms with Gasteiger partial charge in [0.25, 0.3) is 12.3 Å². The third-order valence-corrected chi connectivity index (χ3v) is 7.99. The number of piperidine rings is 1. The molecule has 3 aromatic rings. The quantitative estimate of drug-likeness (QED) is 0.640. The summed E-state index contributed by atoms with van der Waals surface area (Å²) in [6, 6.07) is 9.52. The van der Waals surface area contributed by atoms with E-state index in [4.69, 9.17) is 0 Å². The Morgan fingerprint density at radius 3 is 2.56 bits per heavy atom. The summed E-state index contributed by atoms with van der Waals surface area (Å²) in [4.78, 5) is 21.4. The number of rotatable bonds is 4. The van der Waals surface area contributed by atoms with E-state index in [1.54, 1.807) is 29.2 Å². The number of amides is 1. The van der Waals surface area contributed by atoms with Crippen LogP contribution in [0.3, 0.4) is 0 Å². The lowest BCUT2D eigenvalue weighted by Gasteiger charge is -2.26. The van der Waals surface area contributed by atoms with Crippen LogP contribution in [-0.4, -0.2) is 48.2 Å². The lowest BCUT2D eigenvalue weighted by Crippen LogP contribution is -2.35. The van der Waals surface area contributed by atoms with Crippen molar-refractivity contribution in [3.8, 4) is 0 Å². The zero-order valence-electron chi connectivity index (χ0n) is 17.2. The Morgan fingerprint density at radius 2 is 1.81 bits per heavy atom. The number of nitrogens with zero attached hydrogens (tertiary/aromatic N) is 3. The predicted octanol–water partition coefficient (Wildman–Crippen LogP) is 3.88. The van der Waals surface area contributed by atoms with Crippen molar-refractivity contribution in [3.63, 3.8) is 0 Å². The average Bonchev–Trinajstić information content (AvgIpc) is 3.42. The number of sulfonamides is 1. The molecule has 5 rings (SSSR count). The fraction of sp³-hybridized carbons (Fsp3) is 0.364. The number of imidazole rings is 1. The second kappa shape index (κ2) is 7.93. The van der Waals surface area contributed by atoms with Gasteiger partial charge in [0.05, 0.1) is 15.9 Å². The second-order valence-electron chi connectivity index (χ2n) is 8.12. The molecule has 2 aliphatic heterocycles. The molecule has 1 amide bonds. The normalized spacial score (nSPS) is 17.3. The SMILES string of the molecule is O=C(c1ccc2nc(C(F)F)[nH]c2c1)N1CCc2cc(S(=O)(=O)N3CCCCC3)ccc21. The van der Waals surface area contributed by atoms with Crippen LogP contribution in [0.2, 0.25) is 0 Å². The van der Waals surface area contributed by atoms with E-state index in [2.05, 4.69) is 9.97 Å². The number of nitrogens with one attached hydrogen (secondary N) is 1. The average molecular weight is 461 g/mol. The van der Waals surface area contributed by atoms with Gasteiger partial charge in [0.1, 0.15) is 0 Å². The summed E-state index contributed by atoms with van der Waals surface area (Å²) in [7, 11) is -3.55. The Balaban J connectivity index is 1.42. The van der Waals surface area contributed by atoms with Crippen molar-refractivity contribution in [1.82, 2.24) is 14.3 Å². The van der Waals surface area contributed by atoms with Crippen LogP contribution < -0.4 is 4.90 Å². The summed E-state index contributed by atoms with van der Waals surface area (Å²) in [6.45, 7) is 1.49. The summed E-state index contributed by atoms with van der Waals surface area (Å²) in [5, 5.41) is 0. The fourth-order valence-electron chi connectivity index (χ4n) is 4.43. The molecule has 0 radical (unpaired) electrons. The number of benzene rings is 2. The van der Waals surface area contributed by atoms with Crippen molar-refractivity contribution in [2.45, 2.75) is 37.0 Å². The summed E-state index contributed by atoms with van der Waals surface area (Å²) < 4.78 is 53.3. The van der Waals surface area contributed by atoms with Gasteiger partial charge in [-0.25, -0.2) is 22.2 Å². The molecule has 0 spiro atoms. The highest BCUT2D eigenvalue weighted by atomic mass is 32.2. The first-order chi connectivity index (χ1) is 15.3. The molecule has 0 saturated carbocycles. The topological polar surface area (TPSA) is 86.4 Å². The highest BCUT2D eigenvalue weighted by Gasteiger charge is 2.30. The van der Waals surface area contributed by atoms with Gasteiger partial charge in [0.2, 0.25) is 10.0 Å². The largest absolute Gasteiger partial charge is 0.337 e. The highest BCUT2D eigenvalue weighted by Crippen LogP contribution is 2.33. The highest BCUT2D eigenvalue weighted by molar-refractivity contribution is 7.89. The fourth-order valence-corrected chi connectivity index (χ4v) is 5.99. The van der Waals surface area contributed by atoms with Gasteiger partial charge >= 0.3 is 0 Å². The predicted molar refractivity (Wildman–Crippen MR) is 115 cm³/mol. The van der Waals surface area contributed by atoms with Crippen LogP contribution in [0.15, 0.2) is 41.3 Å². The van der Waals surface area contributed by atoms with Crippen molar-refractivity contribution in [2.24, 2.45) is 0 Å². The van der Waals surface area contributed by atoms with Crippen LogP contribution in [0.25, 0.3) is 11.0 Å². The van der Waals surface area contributed by atoms with Crippen LogP contribution in [-0.2, 0) is 16.4 Å². The Kier molecular flexibility index (Phi) is 5.21. The summed E-state index contributed by atoms with van der Waals surface area (Å²) in [5.41, 5.74) is 2.56. The molecule has 2 aliphatic rings. The number of fused-ring (bicyclic) bond motifs is 2. The molecule has 0 atom stereocenters. The number of aromatic nitrogens is 2. The van der Waals surface area contributed by atoms with Gasteiger partial charge in [-0.2, -0.15) is 4.31 Å². The van der Waals surface area contributed by atoms with E-state index < -0.39 is 22.3 Å². The molecule has 1 fully saturated rings. The van der Waals surface area contributed by atoms with Crippen molar-refractivity contribution >= 4 is 32.7 Å². The lowest BCUT2D eigenvalue weighted by atomic mass is 10.1. The first-order valence-corrected chi connectivity index (χ1v) is 12.0. The van der Waals surface area contributed by atoms with Gasteiger partial charge in [-0.1, -0.05) is 6.42 Å². The molecule has 32 heavy (non-hydrogen) atoms. The van der Waals surface area contributed by atoms with Gasteiger partial charge in [0, 0.05) is 30.9 Å². The molecule has 168 valence electrons. The van der Waals surface area contributed by atoms with Crippen molar-refractivity contribution < 1.29 is 22.0 Å². The number of alkyl halides is 2. The standard InChI is InChI=1S/C22H22F2N4O3S/c23-20(24)21-25-17-6-4-15(13-18(17)26-21)22(29)28-11-8-14-12-16(5-7-19(14)28)32(30,31)27-9-2-1-3-10-27/h4-7,12-13,20H,1-3,8-11H2,(H,25,26). The zero-order valence-corrected chi connectivity index (χ0v) is 18.0. The number of aromatic amines is 1. The van der Waals surface area contributed by atoms with Gasteiger partial charge in [-0.3, -0.25) is 4.79 Å². The Labute approximate surface area is 184 Å². The van der Waals surface area contributed by atoms with E-state index in [-0.39, 0.29) is 10.8 Å². The lowest BCUT2D eigenvalue weighted by molar-refractivity contribution is 0.0989. The summed E-state index contributed by atoms with van der Waals surface area (Å²) in [5.74, 6) is -0.705. The minimum Gasteiger partial charge on any atom is -0.337 e. The molecule has 7 nitrogen and oxygen atoms in total. The number of carbonyl (C=O) groups is 1. The summed E-state index contributed by atoms with van der Waals surface area (Å²) >= 11 is 0. The van der Waals surface area contributed by atoms with Crippen LogP contribution in [0.1, 0.15) is 47.4 Å². The van der Waals surface area contributed by atoms with Crippen LogP contribution in [0, 0.1) is 0 Å². The molecular weight excluding hydrogens is 438 g/mol. The number of anilines is 1. The molecule has 1 N–H and O–H groups in total. The molecule has 0 unspecified atom stereocenters. The monoisotopic (exact) mass is 460 g/mol. The first-order valence-electron chi connectivity index (χ1n) is 10.6. The van der Waals surface area contributed by atoms with Gasteiger partial charge in [-0.05, 0) is 61.2 Å². The van der Waals surface area contributed by atoms with Crippen molar-refractivity contribution in [2.75, 3.05) is 24.5 Å². The smallest absolute Gasteiger partial charge is 0.295 e. The van der Waals surface area contributed by atoms with Gasteiger partial charge in [0.15, 0.2) is 5.82 Å².